The predicted octanol–water partition coefficient (Wildman–Crippen LogP) is 19.0. The minimum Gasteiger partial charge on any atom is -0.372 e. The van der Waals surface area contributed by atoms with Crippen LogP contribution in [-0.2, 0) is 90.5 Å². The lowest BCUT2D eigenvalue weighted by Gasteiger charge is -2.43. The molecule has 0 aliphatic carbocycles. The van der Waals surface area contributed by atoms with Crippen LogP contribution in [0.1, 0.15) is 167 Å². The van der Waals surface area contributed by atoms with Gasteiger partial charge in [0.15, 0.2) is 0 Å². The Balaban J connectivity index is 0.000000153. The van der Waals surface area contributed by atoms with Crippen LogP contribution in [0.3, 0.4) is 0 Å². The topological polar surface area (TPSA) is 250 Å². The van der Waals surface area contributed by atoms with Gasteiger partial charge in [-0.2, -0.15) is 105 Å². The highest BCUT2D eigenvalue weighted by atomic mass is 19.4. The highest BCUT2D eigenvalue weighted by Gasteiger charge is 2.53. The zero-order valence-electron chi connectivity index (χ0n) is 72.2. The van der Waals surface area contributed by atoms with Gasteiger partial charge in [0.1, 0.15) is 0 Å². The summed E-state index contributed by atoms with van der Waals surface area (Å²) < 4.78 is 342. The molecule has 0 aromatic heterocycles. The number of nitrogens with one attached hydrogen (secondary N) is 12. The van der Waals surface area contributed by atoms with E-state index in [1.165, 1.54) is 27.7 Å². The maximum atomic E-state index is 13.3. The summed E-state index contributed by atoms with van der Waals surface area (Å²) in [4.78, 5) is 47.1. The third kappa shape index (κ3) is 24.5. The smallest absolute Gasteiger partial charge is 0.372 e. The molecule has 8 amide bonds. The van der Waals surface area contributed by atoms with Crippen LogP contribution in [0.2, 0.25) is 0 Å². The Morgan fingerprint density at radius 3 is 0.537 bits per heavy atom. The van der Waals surface area contributed by atoms with Crippen LogP contribution in [-0.4, -0.2) is 125 Å². The molecule has 4 unspecified atom stereocenters. The fourth-order valence-corrected chi connectivity index (χ4v) is 17.9. The summed E-state index contributed by atoms with van der Waals surface area (Å²) in [7, 11) is 0. The number of carbonyl (C=O) groups excluding carboxylic acids is 4. The molecule has 12 N–H and O–H groups in total. The van der Waals surface area contributed by atoms with Gasteiger partial charge in [0.2, 0.25) is 0 Å². The van der Waals surface area contributed by atoms with E-state index >= 15 is 0 Å². The number of rotatable bonds is 20. The van der Waals surface area contributed by atoms with Crippen LogP contribution < -0.4 is 63.8 Å². The van der Waals surface area contributed by atoms with Gasteiger partial charge in [-0.15, -0.1) is 0 Å². The van der Waals surface area contributed by atoms with E-state index in [1.807, 2.05) is 121 Å². The first-order chi connectivity index (χ1) is 63.5. The normalized spacial score (nSPS) is 25.9. The van der Waals surface area contributed by atoms with Gasteiger partial charge in [-0.3, -0.25) is 0 Å². The molecule has 0 radical (unpaired) electrons. The van der Waals surface area contributed by atoms with Gasteiger partial charge in [0.05, 0.1) is 166 Å². The number of fused-ring (bicyclic) bond motifs is 4. The van der Waals surface area contributed by atoms with E-state index < -0.39 is 140 Å². The first-order valence-electron chi connectivity index (χ1n) is 42.6. The molecule has 8 fully saturated rings. The summed E-state index contributed by atoms with van der Waals surface area (Å²) in [6.45, 7) is 7.19. The highest BCUT2D eigenvalue weighted by molar-refractivity contribution is 5.79. The van der Waals surface area contributed by atoms with Gasteiger partial charge in [0.25, 0.3) is 0 Å². The van der Waals surface area contributed by atoms with Crippen molar-refractivity contribution in [3.63, 3.8) is 0 Å². The maximum absolute atomic E-state index is 13.3. The van der Waals surface area contributed by atoms with E-state index in [0.717, 1.165) is 22.3 Å². The average Bonchev–Trinajstić information content (AvgIpc) is 1.59. The number of piperidine rings is 4. The van der Waals surface area contributed by atoms with Crippen molar-refractivity contribution < 1.29 is 143 Å². The summed E-state index contributed by atoms with van der Waals surface area (Å²) in [5.74, 6) is 0. The summed E-state index contributed by atoms with van der Waals surface area (Å²) in [5.41, 5.74) is -11.9. The molecular formula is C92H92F24N12O8. The molecule has 16 rings (SSSR count). The van der Waals surface area contributed by atoms with Gasteiger partial charge < -0.3 is 82.7 Å². The zero-order valence-corrected chi connectivity index (χ0v) is 72.2. The van der Waals surface area contributed by atoms with E-state index in [-0.39, 0.29) is 145 Å². The van der Waals surface area contributed by atoms with Gasteiger partial charge in [-0.25, -0.2) is 19.2 Å². The second-order valence-electron chi connectivity index (χ2n) is 34.6. The molecule has 16 atom stereocenters. The molecule has 0 spiro atoms. The standard InChI is InChI=1S/4C23H23F6N3O2/c4*1-13(14-7-16(22(24,25)26)9-17(8-14)23(27,28)29)34-12-21(15-5-3-2-4-6-15)10-18-19(11-30-21)32-20(33)31-18/h4*2-9,13,18-19,30H,10-12H2,1H3,(H2,31,32,33)/t2*13-,18+,19?,21-;2*13-,18-,19?,21-/m1111/s1. The Labute approximate surface area is 762 Å². The summed E-state index contributed by atoms with van der Waals surface area (Å²) >= 11 is 0. The SMILES string of the molecule is C[C@@H](OC[C@@]1(c2ccccc2)C[C@@H]2NC(=O)NC2CN1)c1cc(C(F)(F)F)cc(C(F)(F)F)c1.C[C@@H](OC[C@@]1(c2ccccc2)C[C@@H]2NC(=O)NC2CN1)c1cc(C(F)(F)F)cc(C(F)(F)F)c1.C[C@@H](OC[C@@]1(c2ccccc2)C[C@H]2NC(=O)NC2CN1)c1cc(C(F)(F)F)cc(C(F)(F)F)c1.C[C@@H](OC[C@@]1(c2ccccc2)C[C@H]2NC(=O)NC2CN1)c1cc(C(F)(F)F)cc(C(F)(F)F)c1. The maximum Gasteiger partial charge on any atom is 0.416 e. The molecule has 136 heavy (non-hydrogen) atoms. The van der Waals surface area contributed by atoms with E-state index in [9.17, 15) is 125 Å². The Bertz CT molecular complexity index is 4710. The number of amides is 8. The molecule has 44 heteroatoms. The molecule has 8 heterocycles. The van der Waals surface area contributed by atoms with Crippen LogP contribution >= 0.6 is 0 Å². The fraction of sp³-hybridized carbons (Fsp3) is 0.435. The van der Waals surface area contributed by atoms with Crippen LogP contribution in [0.5, 0.6) is 0 Å². The number of hydrogen-bond donors (Lipinski definition) is 12. The number of alkyl halides is 24. The van der Waals surface area contributed by atoms with Crippen LogP contribution in [0.15, 0.2) is 194 Å². The lowest BCUT2D eigenvalue weighted by Crippen LogP contribution is -2.60. The summed E-state index contributed by atoms with van der Waals surface area (Å²) in [6, 6.07) is 40.0. The molecular weight excluding hydrogens is 1860 g/mol. The Morgan fingerprint density at radius 2 is 0.390 bits per heavy atom. The minimum atomic E-state index is -4.94. The Morgan fingerprint density at radius 1 is 0.243 bits per heavy atom. The van der Waals surface area contributed by atoms with Crippen molar-refractivity contribution in [2.45, 2.75) is 198 Å². The lowest BCUT2D eigenvalue weighted by molar-refractivity contribution is -0.145. The zero-order chi connectivity index (χ0) is 98.9. The first-order valence-corrected chi connectivity index (χ1v) is 42.6. The molecule has 8 aliphatic heterocycles. The van der Waals surface area contributed by atoms with E-state index in [0.29, 0.717) is 100 Å². The predicted molar refractivity (Wildman–Crippen MR) is 443 cm³/mol. The van der Waals surface area contributed by atoms with E-state index in [1.54, 1.807) is 0 Å². The second kappa shape index (κ2) is 39.7. The number of carbonyl (C=O) groups is 4. The van der Waals surface area contributed by atoms with Crippen molar-refractivity contribution >= 4 is 24.1 Å². The van der Waals surface area contributed by atoms with Gasteiger partial charge >= 0.3 is 73.5 Å². The van der Waals surface area contributed by atoms with Crippen LogP contribution in [0.25, 0.3) is 0 Å². The molecule has 8 aromatic carbocycles. The van der Waals surface area contributed by atoms with Crippen molar-refractivity contribution in [2.75, 3.05) is 52.6 Å². The van der Waals surface area contributed by atoms with Gasteiger partial charge in [0, 0.05) is 26.2 Å². The molecule has 8 aliphatic rings. The Hall–Kier alpha value is -11.2. The fourth-order valence-electron chi connectivity index (χ4n) is 17.9. The number of ether oxygens (including phenoxy) is 4. The highest BCUT2D eigenvalue weighted by Crippen LogP contribution is 2.47. The molecule has 20 nitrogen and oxygen atoms in total. The first kappa shape index (κ1) is 102. The van der Waals surface area contributed by atoms with E-state index in [2.05, 4.69) is 63.8 Å². The second-order valence-corrected chi connectivity index (χ2v) is 34.6. The van der Waals surface area contributed by atoms with E-state index in [4.69, 9.17) is 18.9 Å². The third-order valence-electron chi connectivity index (χ3n) is 25.3. The summed E-state index contributed by atoms with van der Waals surface area (Å²) in [5, 5.41) is 36.2. The number of halogens is 24. The third-order valence-corrected chi connectivity index (χ3v) is 25.3. The number of hydrogen-bond acceptors (Lipinski definition) is 12. The molecule has 8 aromatic rings. The quantitative estimate of drug-likeness (QED) is 0.0319. The minimum absolute atomic E-state index is 0.0329. The molecule has 0 bridgehead atoms. The molecule has 736 valence electrons. The largest absolute Gasteiger partial charge is 0.416 e. The molecule has 8 saturated heterocycles. The van der Waals surface area contributed by atoms with Crippen molar-refractivity contribution in [3.8, 4) is 0 Å². The van der Waals surface area contributed by atoms with Gasteiger partial charge in [-0.05, 0) is 171 Å². The van der Waals surface area contributed by atoms with Crippen molar-refractivity contribution in [1.29, 1.82) is 0 Å². The Kier molecular flexibility index (Phi) is 29.9. The number of benzene rings is 8. The lowest BCUT2D eigenvalue weighted by atomic mass is 9.79. The van der Waals surface area contributed by atoms with Crippen molar-refractivity contribution in [2.24, 2.45) is 0 Å². The number of urea groups is 4. The molecule has 0 saturated carbocycles. The summed E-state index contributed by atoms with van der Waals surface area (Å²) in [6.07, 6.45) is -42.0. The monoisotopic (exact) mass is 1950 g/mol. The van der Waals surface area contributed by atoms with Crippen molar-refractivity contribution in [1.82, 2.24) is 63.8 Å². The van der Waals surface area contributed by atoms with Crippen LogP contribution in [0, 0.1) is 0 Å². The average molecular weight is 1950 g/mol. The van der Waals surface area contributed by atoms with Gasteiger partial charge in [-0.1, -0.05) is 121 Å². The van der Waals surface area contributed by atoms with Crippen LogP contribution in [0.4, 0.5) is 125 Å². The van der Waals surface area contributed by atoms with Crippen molar-refractivity contribution in [3.05, 3.63) is 283 Å².